The Balaban J connectivity index is 0.000000194. The van der Waals surface area contributed by atoms with E-state index < -0.39 is 0 Å². The average molecular weight is 967 g/mol. The molecule has 12 nitrogen and oxygen atoms in total. The standard InChI is InChI=1S/C24H28N4O2S3.C24H26N4O2S2/c1-5-24(2,3)10-11-28-23(30)20(22(29)21(26-28)18-7-6-12-32-18)17-14-33-19-13-15(27-31-4)8-9-16(19)25-17;1-15(2)11-12-28-24(30)21(23(29)22(26-28)16-7-5-4-6-8-16)19-14-32-20-13-17(27-31-3)9-10-18(20)25-19/h6-9,12-14,25,27,29H,5,10-11H2,1-4H3;4-10,13-15,25,27,29H,11-12H2,1-3H3. The number of fused-ring (bicyclic) bond motifs is 2. The molecule has 0 atom stereocenters. The van der Waals surface area contributed by atoms with Crippen molar-refractivity contribution in [3.63, 3.8) is 0 Å². The summed E-state index contributed by atoms with van der Waals surface area (Å²) in [5, 5.41) is 43.8. The summed E-state index contributed by atoms with van der Waals surface area (Å²) in [4.78, 5) is 29.8. The van der Waals surface area contributed by atoms with E-state index in [0.717, 1.165) is 62.2 Å². The van der Waals surface area contributed by atoms with E-state index >= 15 is 0 Å². The van der Waals surface area contributed by atoms with Crippen LogP contribution < -0.4 is 31.2 Å². The van der Waals surface area contributed by atoms with Crippen molar-refractivity contribution in [3.05, 3.63) is 127 Å². The molecule has 8 rings (SSSR count). The minimum atomic E-state index is -0.300. The van der Waals surface area contributed by atoms with Crippen LogP contribution in [0.1, 0.15) is 65.0 Å². The van der Waals surface area contributed by atoms with Crippen LogP contribution in [0.2, 0.25) is 0 Å². The van der Waals surface area contributed by atoms with Crippen molar-refractivity contribution in [1.82, 2.24) is 19.6 Å². The predicted molar refractivity (Wildman–Crippen MR) is 279 cm³/mol. The summed E-state index contributed by atoms with van der Waals surface area (Å²) < 4.78 is 9.45. The molecule has 6 aromatic rings. The Bertz CT molecular complexity index is 2820. The molecule has 0 saturated carbocycles. The van der Waals surface area contributed by atoms with Crippen molar-refractivity contribution < 1.29 is 10.2 Å². The number of rotatable bonds is 15. The molecule has 5 heterocycles. The van der Waals surface area contributed by atoms with Crippen molar-refractivity contribution >= 4 is 92.9 Å². The van der Waals surface area contributed by atoms with Crippen molar-refractivity contribution in [2.24, 2.45) is 11.3 Å². The van der Waals surface area contributed by atoms with E-state index in [1.54, 1.807) is 0 Å². The number of nitrogens with zero attached hydrogens (tertiary/aromatic N) is 4. The SMILES string of the molecule is CCC(C)(C)CCn1nc(-c2cccs2)c(O)c(C2=CSc3cc(NSC)ccc3N2)c1=O.CSNc1ccc2c(c1)SC=C(c1c(O)c(-c3ccccc3)nn(CCC(C)C)c1=O)N2. The largest absolute Gasteiger partial charge is 0.505 e. The number of aryl methyl sites for hydroxylation is 2. The first-order valence-electron chi connectivity index (χ1n) is 21.2. The summed E-state index contributed by atoms with van der Waals surface area (Å²) in [5.41, 5.74) is 6.60. The maximum atomic E-state index is 13.5. The summed E-state index contributed by atoms with van der Waals surface area (Å²) in [6, 6.07) is 25.3. The van der Waals surface area contributed by atoms with Gasteiger partial charge in [0.1, 0.15) is 22.5 Å². The second-order valence-electron chi connectivity index (χ2n) is 16.6. The van der Waals surface area contributed by atoms with Gasteiger partial charge in [-0.25, -0.2) is 9.36 Å². The van der Waals surface area contributed by atoms with Gasteiger partial charge < -0.3 is 30.3 Å². The van der Waals surface area contributed by atoms with Crippen molar-refractivity contribution in [2.45, 2.75) is 76.8 Å². The lowest BCUT2D eigenvalue weighted by Crippen LogP contribution is -2.29. The number of hydrogen-bond donors (Lipinski definition) is 6. The Hall–Kier alpha value is -5.20. The molecule has 2 aliphatic rings. The maximum absolute atomic E-state index is 13.5. The van der Waals surface area contributed by atoms with Crippen molar-refractivity contribution in [1.29, 1.82) is 0 Å². The molecule has 340 valence electrons. The van der Waals surface area contributed by atoms with Gasteiger partial charge in [-0.1, -0.05) is 125 Å². The molecular formula is C48H54N8O4S5. The third-order valence-electron chi connectivity index (χ3n) is 11.0. The van der Waals surface area contributed by atoms with Gasteiger partial charge in [0.05, 0.1) is 27.6 Å². The molecule has 0 amide bonds. The van der Waals surface area contributed by atoms with Crippen LogP contribution in [0.15, 0.2) is 114 Å². The van der Waals surface area contributed by atoms with E-state index in [0.29, 0.717) is 41.8 Å². The first-order valence-corrected chi connectivity index (χ1v) is 26.3. The lowest BCUT2D eigenvalue weighted by Gasteiger charge is -2.24. The quantitative estimate of drug-likeness (QED) is 0.0540. The van der Waals surface area contributed by atoms with Crippen LogP contribution in [0.3, 0.4) is 0 Å². The first-order chi connectivity index (χ1) is 31.3. The fourth-order valence-corrected chi connectivity index (χ4v) is 10.1. The van der Waals surface area contributed by atoms with Crippen LogP contribution >= 0.6 is 58.8 Å². The fourth-order valence-electron chi connectivity index (χ4n) is 6.89. The second kappa shape index (κ2) is 21.4. The average Bonchev–Trinajstić information content (AvgIpc) is 3.84. The fraction of sp³-hybridized carbons (Fsp3) is 0.292. The number of aromatic hydroxyl groups is 2. The zero-order chi connectivity index (χ0) is 46.3. The zero-order valence-electron chi connectivity index (χ0n) is 37.4. The summed E-state index contributed by atoms with van der Waals surface area (Å²) in [6.45, 7) is 11.8. The Morgan fingerprint density at radius 3 is 1.78 bits per heavy atom. The molecule has 2 aliphatic heterocycles. The number of thiophene rings is 1. The number of thioether (sulfide) groups is 2. The van der Waals surface area contributed by atoms with Gasteiger partial charge >= 0.3 is 0 Å². The van der Waals surface area contributed by atoms with Gasteiger partial charge in [0.25, 0.3) is 11.1 Å². The molecule has 0 saturated heterocycles. The Morgan fingerprint density at radius 2 is 1.28 bits per heavy atom. The number of anilines is 4. The minimum absolute atomic E-state index is 0.0862. The van der Waals surface area contributed by atoms with Gasteiger partial charge in [0.2, 0.25) is 0 Å². The Kier molecular flexibility index (Phi) is 15.7. The summed E-state index contributed by atoms with van der Waals surface area (Å²) in [7, 11) is 0. The second-order valence-corrected chi connectivity index (χ2v) is 20.6. The molecule has 0 bridgehead atoms. The van der Waals surface area contributed by atoms with Crippen LogP contribution in [0.5, 0.6) is 11.5 Å². The number of hydrogen-bond acceptors (Lipinski definition) is 15. The molecule has 0 spiro atoms. The topological polar surface area (TPSA) is 158 Å². The summed E-state index contributed by atoms with van der Waals surface area (Å²) in [6.07, 6.45) is 6.61. The normalized spacial score (nSPS) is 13.0. The van der Waals surface area contributed by atoms with E-state index in [-0.39, 0.29) is 39.2 Å². The monoisotopic (exact) mass is 966 g/mol. The van der Waals surface area contributed by atoms with Gasteiger partial charge in [-0.15, -0.1) is 11.3 Å². The molecular weight excluding hydrogens is 913 g/mol. The number of nitrogens with one attached hydrogen (secondary N) is 4. The molecule has 65 heavy (non-hydrogen) atoms. The molecule has 3 aromatic heterocycles. The van der Waals surface area contributed by atoms with Crippen molar-refractivity contribution in [2.75, 3.05) is 32.6 Å². The van der Waals surface area contributed by atoms with E-state index in [1.807, 2.05) is 95.4 Å². The van der Waals surface area contributed by atoms with Gasteiger partial charge in [0.15, 0.2) is 11.5 Å². The third kappa shape index (κ3) is 11.3. The predicted octanol–water partition coefficient (Wildman–Crippen LogP) is 12.6. The summed E-state index contributed by atoms with van der Waals surface area (Å²) in [5.74, 6) is 0.238. The Morgan fingerprint density at radius 1 is 0.738 bits per heavy atom. The molecule has 0 fully saturated rings. The van der Waals surface area contributed by atoms with Gasteiger partial charge in [0, 0.05) is 63.1 Å². The minimum Gasteiger partial charge on any atom is -0.505 e. The van der Waals surface area contributed by atoms with E-state index in [2.05, 4.69) is 77.0 Å². The first kappa shape index (κ1) is 47.8. The van der Waals surface area contributed by atoms with Crippen LogP contribution in [-0.4, -0.2) is 42.3 Å². The van der Waals surface area contributed by atoms with Crippen LogP contribution in [0.4, 0.5) is 22.7 Å². The smallest absolute Gasteiger partial charge is 0.279 e. The van der Waals surface area contributed by atoms with Crippen LogP contribution in [0, 0.1) is 11.3 Å². The molecule has 17 heteroatoms. The highest BCUT2D eigenvalue weighted by Crippen LogP contribution is 2.43. The highest BCUT2D eigenvalue weighted by molar-refractivity contribution is 8.03. The highest BCUT2D eigenvalue weighted by Gasteiger charge is 2.27. The maximum Gasteiger partial charge on any atom is 0.279 e. The van der Waals surface area contributed by atoms with E-state index in [4.69, 9.17) is 0 Å². The van der Waals surface area contributed by atoms with Crippen molar-refractivity contribution in [3.8, 4) is 33.3 Å². The van der Waals surface area contributed by atoms with E-state index in [1.165, 1.54) is 68.1 Å². The molecule has 3 aromatic carbocycles. The number of aromatic nitrogens is 4. The molecule has 6 N–H and O–H groups in total. The van der Waals surface area contributed by atoms with Gasteiger partial charge in [-0.3, -0.25) is 9.59 Å². The molecule has 0 unspecified atom stereocenters. The molecule has 0 radical (unpaired) electrons. The summed E-state index contributed by atoms with van der Waals surface area (Å²) >= 11 is 7.61. The van der Waals surface area contributed by atoms with Gasteiger partial charge in [-0.2, -0.15) is 10.2 Å². The lowest BCUT2D eigenvalue weighted by atomic mass is 9.86. The Labute approximate surface area is 401 Å². The van der Waals surface area contributed by atoms with E-state index in [9.17, 15) is 19.8 Å². The number of benzene rings is 3. The van der Waals surface area contributed by atoms with Gasteiger partial charge in [-0.05, 0) is 72.0 Å². The third-order valence-corrected chi connectivity index (χ3v) is 14.7. The molecule has 0 aliphatic carbocycles. The lowest BCUT2D eigenvalue weighted by molar-refractivity contribution is 0.291. The highest BCUT2D eigenvalue weighted by atomic mass is 32.2. The zero-order valence-corrected chi connectivity index (χ0v) is 41.5. The van der Waals surface area contributed by atoms with Crippen LogP contribution in [0.25, 0.3) is 33.2 Å². The van der Waals surface area contributed by atoms with Crippen LogP contribution in [-0.2, 0) is 13.1 Å².